The van der Waals surface area contributed by atoms with Gasteiger partial charge >= 0.3 is 12.4 Å². The Morgan fingerprint density at radius 1 is 0.912 bits per heavy atom. The van der Waals surface area contributed by atoms with Gasteiger partial charge in [0.25, 0.3) is 5.60 Å². The number of benzene rings is 2. The van der Waals surface area contributed by atoms with Crippen molar-refractivity contribution in [2.45, 2.75) is 49.9 Å². The van der Waals surface area contributed by atoms with E-state index in [1.807, 2.05) is 11.0 Å². The van der Waals surface area contributed by atoms with Crippen LogP contribution >= 0.6 is 0 Å². The second-order valence-corrected chi connectivity index (χ2v) is 11.0. The van der Waals surface area contributed by atoms with Crippen LogP contribution in [-0.4, -0.2) is 50.5 Å². The summed E-state index contributed by atoms with van der Waals surface area (Å²) in [5.74, 6) is 0. The predicted octanol–water partition coefficient (Wildman–Crippen LogP) is 5.30. The van der Waals surface area contributed by atoms with E-state index in [9.17, 15) is 39.9 Å². The molecular formula is C23H25F6NO3S. The van der Waals surface area contributed by atoms with Crippen LogP contribution in [0.1, 0.15) is 29.5 Å². The Kier molecular flexibility index (Phi) is 6.77. The van der Waals surface area contributed by atoms with Gasteiger partial charge in [0, 0.05) is 30.6 Å². The van der Waals surface area contributed by atoms with Gasteiger partial charge in [0.05, 0.1) is 5.25 Å². The van der Waals surface area contributed by atoms with Gasteiger partial charge < -0.3 is 10.0 Å². The molecule has 0 aromatic heterocycles. The van der Waals surface area contributed by atoms with Gasteiger partial charge in [-0.2, -0.15) is 26.3 Å². The number of nitrogens with zero attached hydrogens (tertiary/aromatic N) is 1. The summed E-state index contributed by atoms with van der Waals surface area (Å²) in [4.78, 5) is 2.02. The summed E-state index contributed by atoms with van der Waals surface area (Å²) in [7, 11) is -3.14. The van der Waals surface area contributed by atoms with Gasteiger partial charge in [-0.1, -0.05) is 30.3 Å². The maximum absolute atomic E-state index is 13.3. The quantitative estimate of drug-likeness (QED) is 0.569. The topological polar surface area (TPSA) is 57.6 Å². The molecule has 1 fully saturated rings. The minimum Gasteiger partial charge on any atom is -0.371 e. The van der Waals surface area contributed by atoms with E-state index in [0.29, 0.717) is 49.2 Å². The van der Waals surface area contributed by atoms with Gasteiger partial charge in [-0.3, -0.25) is 0 Å². The zero-order valence-corrected chi connectivity index (χ0v) is 19.6. The smallest absolute Gasteiger partial charge is 0.371 e. The molecule has 1 heterocycles. The fourth-order valence-corrected chi connectivity index (χ4v) is 5.53. The highest BCUT2D eigenvalue weighted by Crippen LogP contribution is 2.50. The molecule has 1 N–H and O–H groups in total. The molecule has 0 aliphatic carbocycles. The number of piperidine rings is 1. The monoisotopic (exact) mass is 509 g/mol. The van der Waals surface area contributed by atoms with Crippen molar-refractivity contribution < 1.29 is 39.9 Å². The summed E-state index contributed by atoms with van der Waals surface area (Å²) < 4.78 is 103. The molecule has 0 bridgehead atoms. The summed E-state index contributed by atoms with van der Waals surface area (Å²) >= 11 is 0. The van der Waals surface area contributed by atoms with Crippen molar-refractivity contribution in [1.29, 1.82) is 0 Å². The number of rotatable bonds is 4. The Morgan fingerprint density at radius 2 is 1.47 bits per heavy atom. The average molecular weight is 510 g/mol. The normalized spacial score (nSPS) is 16.7. The van der Waals surface area contributed by atoms with E-state index in [2.05, 4.69) is 0 Å². The lowest BCUT2D eigenvalue weighted by Gasteiger charge is -2.34. The molecule has 188 valence electrons. The van der Waals surface area contributed by atoms with Gasteiger partial charge in [0.1, 0.15) is 9.84 Å². The number of aryl methyl sites for hydroxylation is 1. The number of hydrogen-bond acceptors (Lipinski definition) is 4. The lowest BCUT2D eigenvalue weighted by Crippen LogP contribution is -2.53. The van der Waals surface area contributed by atoms with Crippen molar-refractivity contribution in [3.8, 4) is 11.1 Å². The molecular weight excluding hydrogens is 484 g/mol. The first-order valence-corrected chi connectivity index (χ1v) is 12.4. The minimum atomic E-state index is -5.95. The van der Waals surface area contributed by atoms with Gasteiger partial charge in [0.2, 0.25) is 0 Å². The van der Waals surface area contributed by atoms with Crippen LogP contribution in [0.5, 0.6) is 0 Å². The average Bonchev–Trinajstić information content (AvgIpc) is 2.71. The van der Waals surface area contributed by atoms with Crippen molar-refractivity contribution in [2.75, 3.05) is 24.2 Å². The Bertz CT molecular complexity index is 1150. The Morgan fingerprint density at radius 3 is 1.94 bits per heavy atom. The highest BCUT2D eigenvalue weighted by atomic mass is 32.2. The number of aliphatic hydroxyl groups is 1. The fraction of sp³-hybridized carbons (Fsp3) is 0.478. The molecule has 2 aromatic carbocycles. The fourth-order valence-electron chi connectivity index (χ4n) is 4.46. The number of anilines is 1. The third kappa shape index (κ3) is 4.64. The van der Waals surface area contributed by atoms with Gasteiger partial charge in [-0.05, 0) is 55.0 Å². The first-order chi connectivity index (χ1) is 15.5. The number of halogens is 6. The van der Waals surface area contributed by atoms with Crippen LogP contribution < -0.4 is 4.90 Å². The van der Waals surface area contributed by atoms with E-state index in [1.54, 1.807) is 19.1 Å². The largest absolute Gasteiger partial charge is 0.430 e. The van der Waals surface area contributed by atoms with Crippen LogP contribution in [0.25, 0.3) is 11.1 Å². The first-order valence-electron chi connectivity index (χ1n) is 10.5. The summed E-state index contributed by atoms with van der Waals surface area (Å²) in [6, 6.07) is 7.79. The number of hydrogen-bond donors (Lipinski definition) is 1. The molecule has 0 radical (unpaired) electrons. The van der Waals surface area contributed by atoms with Crippen LogP contribution in [0.3, 0.4) is 0 Å². The van der Waals surface area contributed by atoms with Crippen molar-refractivity contribution in [1.82, 2.24) is 0 Å². The second-order valence-electron chi connectivity index (χ2n) is 8.70. The number of alkyl halides is 6. The molecule has 0 atom stereocenters. The molecule has 3 rings (SSSR count). The van der Waals surface area contributed by atoms with E-state index in [0.717, 1.165) is 17.3 Å². The minimum absolute atomic E-state index is 0.139. The lowest BCUT2D eigenvalue weighted by atomic mass is 9.87. The molecule has 0 unspecified atom stereocenters. The van der Waals surface area contributed by atoms with Crippen molar-refractivity contribution in [3.05, 3.63) is 53.1 Å². The standard InChI is InChI=1S/C23H25F6NO3S/c1-14-13-16(21(31,22(24,25)26)23(27,28)29)7-8-18(14)19-5-4-6-20(15(19)2)30-11-9-17(10-12-30)34(3,32)33/h4-8,13,17,31H,9-12H2,1-3H3. The zero-order chi connectivity index (χ0) is 25.7. The van der Waals surface area contributed by atoms with E-state index < -0.39 is 38.6 Å². The number of sulfone groups is 1. The molecule has 1 aliphatic heterocycles. The van der Waals surface area contributed by atoms with Crippen molar-refractivity contribution in [2.24, 2.45) is 0 Å². The molecule has 11 heteroatoms. The summed E-state index contributed by atoms with van der Waals surface area (Å²) in [6.07, 6.45) is -9.77. The van der Waals surface area contributed by atoms with Gasteiger partial charge in [-0.25, -0.2) is 8.42 Å². The van der Waals surface area contributed by atoms with Crippen molar-refractivity contribution >= 4 is 15.5 Å². The van der Waals surface area contributed by atoms with Gasteiger partial charge in [-0.15, -0.1) is 0 Å². The first kappa shape index (κ1) is 26.3. The summed E-state index contributed by atoms with van der Waals surface area (Å²) in [5, 5.41) is 9.28. The van der Waals surface area contributed by atoms with Crippen LogP contribution in [0.4, 0.5) is 32.0 Å². The van der Waals surface area contributed by atoms with E-state index in [4.69, 9.17) is 0 Å². The Hall–Kier alpha value is -2.27. The molecule has 0 amide bonds. The molecule has 1 saturated heterocycles. The highest BCUT2D eigenvalue weighted by Gasteiger charge is 2.71. The maximum Gasteiger partial charge on any atom is 0.430 e. The van der Waals surface area contributed by atoms with E-state index in [1.165, 1.54) is 13.2 Å². The third-order valence-electron chi connectivity index (χ3n) is 6.45. The van der Waals surface area contributed by atoms with Crippen LogP contribution in [0.2, 0.25) is 0 Å². The van der Waals surface area contributed by atoms with E-state index in [-0.39, 0.29) is 5.56 Å². The molecule has 0 spiro atoms. The third-order valence-corrected chi connectivity index (χ3v) is 8.13. The molecule has 0 saturated carbocycles. The van der Waals surface area contributed by atoms with Crippen molar-refractivity contribution in [3.63, 3.8) is 0 Å². The highest BCUT2D eigenvalue weighted by molar-refractivity contribution is 7.91. The Labute approximate surface area is 194 Å². The Balaban J connectivity index is 1.98. The summed E-state index contributed by atoms with van der Waals surface area (Å²) in [5.41, 5.74) is -3.52. The SMILES string of the molecule is Cc1cc(C(O)(C(F)(F)F)C(F)(F)F)ccc1-c1cccc(N2CCC(S(C)(=O)=O)CC2)c1C. The lowest BCUT2D eigenvalue weighted by molar-refractivity contribution is -0.376. The second kappa shape index (κ2) is 8.75. The van der Waals surface area contributed by atoms with Crippen LogP contribution in [0, 0.1) is 13.8 Å². The summed E-state index contributed by atoms with van der Waals surface area (Å²) in [6.45, 7) is 4.19. The molecule has 34 heavy (non-hydrogen) atoms. The van der Waals surface area contributed by atoms with Crippen LogP contribution in [-0.2, 0) is 15.4 Å². The predicted molar refractivity (Wildman–Crippen MR) is 117 cm³/mol. The molecule has 2 aromatic rings. The molecule has 4 nitrogen and oxygen atoms in total. The van der Waals surface area contributed by atoms with Crippen LogP contribution in [0.15, 0.2) is 36.4 Å². The van der Waals surface area contributed by atoms with Gasteiger partial charge in [0.15, 0.2) is 0 Å². The molecule has 1 aliphatic rings. The van der Waals surface area contributed by atoms with E-state index >= 15 is 0 Å². The maximum atomic E-state index is 13.3. The zero-order valence-electron chi connectivity index (χ0n) is 18.8.